The molecule has 0 radical (unpaired) electrons. The molecule has 3 heterocycles. The Morgan fingerprint density at radius 1 is 0.963 bits per heavy atom. The first-order chi connectivity index (χ1) is 13.3. The van der Waals surface area contributed by atoms with Crippen LogP contribution in [0.5, 0.6) is 0 Å². The van der Waals surface area contributed by atoms with Crippen molar-refractivity contribution in [2.45, 2.75) is 50.6 Å². The predicted octanol–water partition coefficient (Wildman–Crippen LogP) is 3.71. The van der Waals surface area contributed by atoms with Crippen LogP contribution in [0.4, 0.5) is 0 Å². The van der Waals surface area contributed by atoms with Gasteiger partial charge >= 0.3 is 0 Å². The van der Waals surface area contributed by atoms with Crippen molar-refractivity contribution in [1.82, 2.24) is 19.8 Å². The van der Waals surface area contributed by atoms with Gasteiger partial charge in [-0.3, -0.25) is 9.80 Å². The minimum atomic E-state index is 0.495. The number of hydrogen-bond acceptors (Lipinski definition) is 4. The smallest absolute Gasteiger partial charge is 0.142 e. The second-order valence-corrected chi connectivity index (χ2v) is 8.91. The first-order valence-electron chi connectivity index (χ1n) is 10.6. The molecule has 0 N–H and O–H groups in total. The van der Waals surface area contributed by atoms with E-state index in [0.717, 1.165) is 18.4 Å². The van der Waals surface area contributed by atoms with Crippen LogP contribution < -0.4 is 0 Å². The van der Waals surface area contributed by atoms with Gasteiger partial charge in [0, 0.05) is 31.5 Å². The van der Waals surface area contributed by atoms with Gasteiger partial charge < -0.3 is 0 Å². The third-order valence-corrected chi connectivity index (χ3v) is 6.91. The molecule has 2 aliphatic heterocycles. The molecule has 1 aromatic carbocycles. The van der Waals surface area contributed by atoms with Crippen molar-refractivity contribution >= 4 is 0 Å². The summed E-state index contributed by atoms with van der Waals surface area (Å²) in [5.41, 5.74) is 2.04. The second kappa shape index (κ2) is 7.33. The van der Waals surface area contributed by atoms with Gasteiger partial charge in [0.25, 0.3) is 0 Å². The Hall–Kier alpha value is -1.78. The zero-order valence-corrected chi connectivity index (χ0v) is 16.1. The molecule has 1 aromatic heterocycles. The Kier molecular flexibility index (Phi) is 4.70. The molecule has 4 heteroatoms. The van der Waals surface area contributed by atoms with Crippen molar-refractivity contribution in [2.75, 3.05) is 26.2 Å². The minimum absolute atomic E-state index is 0.495. The fraction of sp³-hybridized carbons (Fsp3) is 0.565. The molecule has 2 aromatic rings. The Balaban J connectivity index is 1.28. The summed E-state index contributed by atoms with van der Waals surface area (Å²) in [4.78, 5) is 14.2. The van der Waals surface area contributed by atoms with Crippen LogP contribution in [0.2, 0.25) is 0 Å². The van der Waals surface area contributed by atoms with E-state index in [1.807, 2.05) is 18.5 Å². The third kappa shape index (κ3) is 3.92. The molecule has 1 atom stereocenters. The van der Waals surface area contributed by atoms with Crippen LogP contribution in [0.3, 0.4) is 0 Å². The predicted molar refractivity (Wildman–Crippen MR) is 107 cm³/mol. The van der Waals surface area contributed by atoms with E-state index in [-0.39, 0.29) is 0 Å². The highest BCUT2D eigenvalue weighted by atomic mass is 15.2. The van der Waals surface area contributed by atoms with Gasteiger partial charge in [-0.2, -0.15) is 0 Å². The van der Waals surface area contributed by atoms with Crippen molar-refractivity contribution in [3.63, 3.8) is 0 Å². The Morgan fingerprint density at radius 2 is 1.70 bits per heavy atom. The third-order valence-electron chi connectivity index (χ3n) is 6.91. The lowest BCUT2D eigenvalue weighted by atomic mass is 9.68. The van der Waals surface area contributed by atoms with Crippen molar-refractivity contribution in [3.8, 4) is 0 Å². The van der Waals surface area contributed by atoms with Gasteiger partial charge in [-0.05, 0) is 68.2 Å². The number of aromatic nitrogens is 2. The topological polar surface area (TPSA) is 32.3 Å². The molecule has 3 aliphatic rings. The SMILES string of the molecule is c1ccc(C2CN(C3CC3)CC3(CCN(Cc4ncccn4)CC3)C2)cc1. The average Bonchev–Trinajstić information content (AvgIpc) is 3.57. The maximum Gasteiger partial charge on any atom is 0.142 e. The van der Waals surface area contributed by atoms with E-state index in [2.05, 4.69) is 50.1 Å². The largest absolute Gasteiger partial charge is 0.299 e. The van der Waals surface area contributed by atoms with E-state index in [1.165, 1.54) is 58.3 Å². The molecule has 1 unspecified atom stereocenters. The van der Waals surface area contributed by atoms with E-state index in [1.54, 1.807) is 5.56 Å². The van der Waals surface area contributed by atoms with Gasteiger partial charge in [0.2, 0.25) is 0 Å². The Morgan fingerprint density at radius 3 is 2.41 bits per heavy atom. The van der Waals surface area contributed by atoms with Crippen LogP contribution in [-0.4, -0.2) is 52.0 Å². The van der Waals surface area contributed by atoms with Crippen molar-refractivity contribution < 1.29 is 0 Å². The lowest BCUT2D eigenvalue weighted by Crippen LogP contribution is -2.52. The molecular formula is C23H30N4. The van der Waals surface area contributed by atoms with Gasteiger partial charge in [-0.25, -0.2) is 9.97 Å². The summed E-state index contributed by atoms with van der Waals surface area (Å²) in [6, 6.07) is 14.0. The van der Waals surface area contributed by atoms with Crippen LogP contribution >= 0.6 is 0 Å². The van der Waals surface area contributed by atoms with Crippen molar-refractivity contribution in [2.24, 2.45) is 5.41 Å². The maximum absolute atomic E-state index is 4.41. The van der Waals surface area contributed by atoms with Crippen LogP contribution in [0.1, 0.15) is 49.4 Å². The summed E-state index contributed by atoms with van der Waals surface area (Å²) in [6.07, 6.45) is 10.5. The second-order valence-electron chi connectivity index (χ2n) is 8.91. The quantitative estimate of drug-likeness (QED) is 0.830. The number of hydrogen-bond donors (Lipinski definition) is 0. The van der Waals surface area contributed by atoms with E-state index in [0.29, 0.717) is 11.3 Å². The molecule has 27 heavy (non-hydrogen) atoms. The summed E-state index contributed by atoms with van der Waals surface area (Å²) in [5.74, 6) is 1.66. The summed E-state index contributed by atoms with van der Waals surface area (Å²) < 4.78 is 0. The fourth-order valence-electron chi connectivity index (χ4n) is 5.26. The molecular weight excluding hydrogens is 332 g/mol. The van der Waals surface area contributed by atoms with Crippen LogP contribution in [0.15, 0.2) is 48.8 Å². The maximum atomic E-state index is 4.41. The molecule has 0 bridgehead atoms. The standard InChI is InChI=1S/C23H30N4/c1-2-5-19(6-3-1)20-15-23(18-27(16-20)21-7-8-21)9-13-26(14-10-23)17-22-24-11-4-12-25-22/h1-6,11-12,20-21H,7-10,13-18H2. The lowest BCUT2D eigenvalue weighted by molar-refractivity contribution is 0.00773. The van der Waals surface area contributed by atoms with E-state index < -0.39 is 0 Å². The lowest BCUT2D eigenvalue weighted by Gasteiger charge is -2.50. The first-order valence-corrected chi connectivity index (χ1v) is 10.6. The zero-order chi connectivity index (χ0) is 18.1. The van der Waals surface area contributed by atoms with Crippen molar-refractivity contribution in [1.29, 1.82) is 0 Å². The van der Waals surface area contributed by atoms with Gasteiger partial charge in [-0.15, -0.1) is 0 Å². The van der Waals surface area contributed by atoms with E-state index >= 15 is 0 Å². The first kappa shape index (κ1) is 17.3. The number of rotatable bonds is 4. The molecule has 0 amide bonds. The number of benzene rings is 1. The molecule has 1 spiro atoms. The van der Waals surface area contributed by atoms with Crippen LogP contribution in [0.25, 0.3) is 0 Å². The molecule has 1 saturated carbocycles. The van der Waals surface area contributed by atoms with Gasteiger partial charge in [0.05, 0.1) is 6.54 Å². The highest BCUT2D eigenvalue weighted by Crippen LogP contribution is 2.47. The molecule has 142 valence electrons. The summed E-state index contributed by atoms with van der Waals surface area (Å²) >= 11 is 0. The Labute approximate surface area is 162 Å². The van der Waals surface area contributed by atoms with Gasteiger partial charge in [-0.1, -0.05) is 30.3 Å². The van der Waals surface area contributed by atoms with Gasteiger partial charge in [0.15, 0.2) is 0 Å². The molecule has 1 aliphatic carbocycles. The summed E-state index contributed by atoms with van der Waals surface area (Å²) in [7, 11) is 0. The normalized spacial score (nSPS) is 26.3. The summed E-state index contributed by atoms with van der Waals surface area (Å²) in [5, 5.41) is 0. The summed E-state index contributed by atoms with van der Waals surface area (Å²) in [6.45, 7) is 5.83. The number of likely N-dealkylation sites (tertiary alicyclic amines) is 2. The van der Waals surface area contributed by atoms with Gasteiger partial charge in [0.1, 0.15) is 5.82 Å². The average molecular weight is 363 g/mol. The van der Waals surface area contributed by atoms with E-state index in [9.17, 15) is 0 Å². The highest BCUT2D eigenvalue weighted by Gasteiger charge is 2.45. The van der Waals surface area contributed by atoms with E-state index in [4.69, 9.17) is 0 Å². The molecule has 4 nitrogen and oxygen atoms in total. The Bertz CT molecular complexity index is 735. The number of nitrogens with zero attached hydrogens (tertiary/aromatic N) is 4. The fourth-order valence-corrected chi connectivity index (χ4v) is 5.26. The zero-order valence-electron chi connectivity index (χ0n) is 16.1. The molecule has 2 saturated heterocycles. The van der Waals surface area contributed by atoms with Crippen LogP contribution in [-0.2, 0) is 6.54 Å². The molecule has 3 fully saturated rings. The highest BCUT2D eigenvalue weighted by molar-refractivity contribution is 5.22. The minimum Gasteiger partial charge on any atom is -0.299 e. The number of piperidine rings is 2. The molecule has 5 rings (SSSR count). The monoisotopic (exact) mass is 362 g/mol. The van der Waals surface area contributed by atoms with Crippen LogP contribution in [0, 0.1) is 5.41 Å². The van der Waals surface area contributed by atoms with Crippen molar-refractivity contribution in [3.05, 3.63) is 60.2 Å².